The molecule has 0 saturated carbocycles. The summed E-state index contributed by atoms with van der Waals surface area (Å²) in [6.45, 7) is 13.5. The lowest BCUT2D eigenvalue weighted by Gasteiger charge is -2.32. The van der Waals surface area contributed by atoms with E-state index in [-0.39, 0.29) is 0 Å². The van der Waals surface area contributed by atoms with Gasteiger partial charge in [-0.25, -0.2) is 0 Å². The quantitative estimate of drug-likeness (QED) is 0.110. The molecule has 0 aromatic rings. The fraction of sp³-hybridized carbons (Fsp3) is 0.840. The summed E-state index contributed by atoms with van der Waals surface area (Å²) in [7, 11) is 2.33. The Morgan fingerprint density at radius 1 is 0.538 bits per heavy atom. The van der Waals surface area contributed by atoms with E-state index in [2.05, 4.69) is 39.3 Å². The predicted octanol–water partition coefficient (Wildman–Crippen LogP) is 8.07. The minimum Gasteiger partial charge on any atom is -0.320 e. The Labute approximate surface area is 166 Å². The number of rotatable bonds is 21. The van der Waals surface area contributed by atoms with E-state index in [1.165, 1.54) is 109 Å². The Morgan fingerprint density at radius 3 is 1.15 bits per heavy atom. The van der Waals surface area contributed by atoms with Gasteiger partial charge in [0, 0.05) is 0 Å². The summed E-state index contributed by atoms with van der Waals surface area (Å²) in [6.07, 6.45) is 27.1. The van der Waals surface area contributed by atoms with Crippen LogP contribution in [0.2, 0.25) is 0 Å². The van der Waals surface area contributed by atoms with Crippen molar-refractivity contribution in [3.8, 4) is 0 Å². The molecule has 0 amide bonds. The summed E-state index contributed by atoms with van der Waals surface area (Å²) < 4.78 is 1.08. The first-order valence-electron chi connectivity index (χ1n) is 11.7. The molecule has 0 unspecified atom stereocenters. The van der Waals surface area contributed by atoms with E-state index in [1.807, 2.05) is 0 Å². The summed E-state index contributed by atoms with van der Waals surface area (Å²) in [4.78, 5) is 0. The molecule has 0 N–H and O–H groups in total. The van der Waals surface area contributed by atoms with E-state index in [0.717, 1.165) is 17.6 Å². The van der Waals surface area contributed by atoms with Crippen LogP contribution in [0.5, 0.6) is 0 Å². The molecule has 0 saturated heterocycles. The van der Waals surface area contributed by atoms with Crippen molar-refractivity contribution in [3.63, 3.8) is 0 Å². The van der Waals surface area contributed by atoms with Crippen molar-refractivity contribution in [1.29, 1.82) is 0 Å². The van der Waals surface area contributed by atoms with Crippen molar-refractivity contribution in [2.24, 2.45) is 0 Å². The highest BCUT2D eigenvalue weighted by Crippen LogP contribution is 2.14. The van der Waals surface area contributed by atoms with Crippen LogP contribution in [-0.4, -0.2) is 31.2 Å². The van der Waals surface area contributed by atoms with Crippen LogP contribution in [0, 0.1) is 0 Å². The highest BCUT2D eigenvalue weighted by Gasteiger charge is 2.16. The van der Waals surface area contributed by atoms with Gasteiger partial charge in [0.05, 0.1) is 26.7 Å². The molecule has 1 heteroatoms. The molecule has 0 aromatic heterocycles. The van der Waals surface area contributed by atoms with E-state index >= 15 is 0 Å². The number of unbranched alkanes of at least 4 members (excludes halogenated alkanes) is 15. The zero-order valence-corrected chi connectivity index (χ0v) is 18.5. The van der Waals surface area contributed by atoms with Gasteiger partial charge < -0.3 is 4.48 Å². The van der Waals surface area contributed by atoms with E-state index in [4.69, 9.17) is 0 Å². The maximum Gasteiger partial charge on any atom is 0.0971 e. The number of hydrogen-bond acceptors (Lipinski definition) is 0. The largest absolute Gasteiger partial charge is 0.320 e. The highest BCUT2D eigenvalue weighted by molar-refractivity contribution is 4.71. The molecule has 0 radical (unpaired) electrons. The molecule has 0 fully saturated rings. The lowest BCUT2D eigenvalue weighted by molar-refractivity contribution is -0.898. The molecular formula is C25H50N+. The van der Waals surface area contributed by atoms with Crippen LogP contribution in [0.4, 0.5) is 0 Å². The third kappa shape index (κ3) is 16.9. The van der Waals surface area contributed by atoms with Crippen molar-refractivity contribution >= 4 is 0 Å². The lowest BCUT2D eigenvalue weighted by atomic mass is 10.0. The summed E-state index contributed by atoms with van der Waals surface area (Å²) in [5, 5.41) is 0. The van der Waals surface area contributed by atoms with Gasteiger partial charge in [-0.1, -0.05) is 110 Å². The molecule has 0 heterocycles. The zero-order chi connectivity index (χ0) is 19.3. The topological polar surface area (TPSA) is 0 Å². The number of quaternary nitrogens is 1. The number of likely N-dealkylation sites (N-methyl/N-ethyl adjacent to an activating group) is 1. The fourth-order valence-electron chi connectivity index (χ4n) is 3.92. The third-order valence-electron chi connectivity index (χ3n) is 5.69. The van der Waals surface area contributed by atoms with E-state index in [1.54, 1.807) is 0 Å². The van der Waals surface area contributed by atoms with Crippen molar-refractivity contribution in [2.45, 2.75) is 110 Å². The fourth-order valence-corrected chi connectivity index (χ4v) is 3.92. The molecule has 26 heavy (non-hydrogen) atoms. The van der Waals surface area contributed by atoms with Crippen LogP contribution in [-0.2, 0) is 0 Å². The van der Waals surface area contributed by atoms with Crippen molar-refractivity contribution in [3.05, 3.63) is 25.3 Å². The van der Waals surface area contributed by atoms with Gasteiger partial charge in [0.15, 0.2) is 0 Å². The van der Waals surface area contributed by atoms with Gasteiger partial charge in [0.1, 0.15) is 0 Å². The van der Waals surface area contributed by atoms with Crippen LogP contribution >= 0.6 is 0 Å². The van der Waals surface area contributed by atoms with Crippen LogP contribution < -0.4 is 0 Å². The van der Waals surface area contributed by atoms with Crippen molar-refractivity contribution in [1.82, 2.24) is 0 Å². The minimum atomic E-state index is 1.06. The van der Waals surface area contributed by atoms with Crippen LogP contribution in [0.25, 0.3) is 0 Å². The second-order valence-corrected chi connectivity index (χ2v) is 8.59. The minimum absolute atomic E-state index is 1.06. The summed E-state index contributed by atoms with van der Waals surface area (Å²) in [6, 6.07) is 0. The molecule has 1 nitrogen and oxygen atoms in total. The molecule has 154 valence electrons. The highest BCUT2D eigenvalue weighted by atomic mass is 15.3. The van der Waals surface area contributed by atoms with Crippen LogP contribution in [0.15, 0.2) is 25.3 Å². The Balaban J connectivity index is 3.28. The van der Waals surface area contributed by atoms with Gasteiger partial charge in [0.2, 0.25) is 0 Å². The molecule has 0 atom stereocenters. The maximum atomic E-state index is 3.90. The Hall–Kier alpha value is -0.560. The lowest BCUT2D eigenvalue weighted by Crippen LogP contribution is -2.44. The van der Waals surface area contributed by atoms with E-state index in [0.29, 0.717) is 0 Å². The average molecular weight is 365 g/mol. The second-order valence-electron chi connectivity index (χ2n) is 8.59. The van der Waals surface area contributed by atoms with Crippen molar-refractivity contribution in [2.75, 3.05) is 26.7 Å². The van der Waals surface area contributed by atoms with Crippen LogP contribution in [0.3, 0.4) is 0 Å². The van der Waals surface area contributed by atoms with Gasteiger partial charge in [-0.3, -0.25) is 0 Å². The molecule has 0 aliphatic rings. The molecule has 0 bridgehead atoms. The van der Waals surface area contributed by atoms with Gasteiger partial charge in [0.25, 0.3) is 0 Å². The Kier molecular flexibility index (Phi) is 18.8. The summed E-state index contributed by atoms with van der Waals surface area (Å²) >= 11 is 0. The normalized spacial score (nSPS) is 11.6. The smallest absolute Gasteiger partial charge is 0.0971 e. The first kappa shape index (κ1) is 25.4. The van der Waals surface area contributed by atoms with Gasteiger partial charge in [-0.05, 0) is 25.0 Å². The molecule has 0 aromatic carbocycles. The maximum absolute atomic E-state index is 3.90. The van der Waals surface area contributed by atoms with Gasteiger partial charge >= 0.3 is 0 Å². The molecule has 0 spiro atoms. The Bertz CT molecular complexity index is 297. The molecular weight excluding hydrogens is 314 g/mol. The molecule has 0 aliphatic heterocycles. The summed E-state index contributed by atoms with van der Waals surface area (Å²) in [5.74, 6) is 0. The standard InChI is InChI=1S/C25H50N/c1-5-8-9-10-11-12-13-14-15-16-17-18-19-20-21-22-25-26(4,23-6-2)24-7-3/h6-7H,2-3,5,8-25H2,1,4H3/q+1. The third-order valence-corrected chi connectivity index (χ3v) is 5.69. The Morgan fingerprint density at radius 2 is 0.846 bits per heavy atom. The number of nitrogens with zero attached hydrogens (tertiary/aromatic N) is 1. The second kappa shape index (κ2) is 19.2. The zero-order valence-electron chi connectivity index (χ0n) is 18.5. The van der Waals surface area contributed by atoms with E-state index < -0.39 is 0 Å². The number of hydrogen-bond donors (Lipinski definition) is 0. The first-order valence-corrected chi connectivity index (χ1v) is 11.7. The molecule has 0 aliphatic carbocycles. The van der Waals surface area contributed by atoms with Crippen LogP contribution in [0.1, 0.15) is 110 Å². The first-order chi connectivity index (χ1) is 12.7. The van der Waals surface area contributed by atoms with E-state index in [9.17, 15) is 0 Å². The monoisotopic (exact) mass is 364 g/mol. The summed E-state index contributed by atoms with van der Waals surface area (Å²) in [5.41, 5.74) is 0. The van der Waals surface area contributed by atoms with Gasteiger partial charge in [-0.2, -0.15) is 0 Å². The van der Waals surface area contributed by atoms with Gasteiger partial charge in [-0.15, -0.1) is 0 Å². The SMILES string of the molecule is C=CC[N+](C)(CC=C)CCCCCCCCCCCCCCCCCC. The molecule has 0 rings (SSSR count). The van der Waals surface area contributed by atoms with Crippen molar-refractivity contribution < 1.29 is 4.48 Å². The predicted molar refractivity (Wildman–Crippen MR) is 121 cm³/mol. The average Bonchev–Trinajstić information content (AvgIpc) is 2.62.